The highest BCUT2D eigenvalue weighted by Gasteiger charge is 2.17. The minimum atomic E-state index is 0.217. The number of aromatic nitrogens is 1. The quantitative estimate of drug-likeness (QED) is 0.177. The number of hydrogen-bond donors (Lipinski definition) is 1. The van der Waals surface area contributed by atoms with Gasteiger partial charge in [-0.2, -0.15) is 0 Å². The lowest BCUT2D eigenvalue weighted by Crippen LogP contribution is -1.94. The Balaban J connectivity index is 0.00000197. The first-order valence-corrected chi connectivity index (χ1v) is 18.0. The zero-order valence-corrected chi connectivity index (χ0v) is 29.6. The van der Waals surface area contributed by atoms with Crippen LogP contribution in [-0.4, -0.2) is 22.5 Å². The molecule has 0 spiro atoms. The molecule has 0 saturated carbocycles. The van der Waals surface area contributed by atoms with Gasteiger partial charge in [0, 0.05) is 16.7 Å². The van der Waals surface area contributed by atoms with Gasteiger partial charge in [0.1, 0.15) is 5.75 Å². The van der Waals surface area contributed by atoms with Crippen LogP contribution in [0.4, 0.5) is 11.4 Å². The Kier molecular flexibility index (Phi) is 9.25. The lowest BCUT2D eigenvalue weighted by molar-refractivity contribution is 0.478. The molecule has 0 saturated heterocycles. The Morgan fingerprint density at radius 3 is 1.40 bits per heavy atom. The molecule has 0 fully saturated rings. The molecule has 0 atom stereocenters. The van der Waals surface area contributed by atoms with Gasteiger partial charge in [-0.05, 0) is 79.0 Å². The maximum atomic E-state index is 11.2. The summed E-state index contributed by atoms with van der Waals surface area (Å²) >= 11 is 0. The van der Waals surface area contributed by atoms with E-state index in [1.807, 2.05) is 80.7 Å². The zero-order valence-electron chi connectivity index (χ0n) is 29.6. The molecule has 1 N–H and O–H groups in total. The molecular weight excluding hydrogens is 647 g/mol. The molecule has 0 unspecified atom stereocenters. The normalized spacial score (nSPS) is 11.5. The third-order valence-electron chi connectivity index (χ3n) is 9.49. The van der Waals surface area contributed by atoms with Crippen LogP contribution in [0.25, 0.3) is 65.3 Å². The highest BCUT2D eigenvalue weighted by Crippen LogP contribution is 2.45. The molecule has 53 heavy (non-hydrogen) atoms. The summed E-state index contributed by atoms with van der Waals surface area (Å²) in [5.41, 5.74) is 6.94. The van der Waals surface area contributed by atoms with Gasteiger partial charge in [-0.3, -0.25) is 9.98 Å². The van der Waals surface area contributed by atoms with E-state index in [-0.39, 0.29) is 5.75 Å². The van der Waals surface area contributed by atoms with Crippen molar-refractivity contribution in [2.75, 3.05) is 0 Å². The van der Waals surface area contributed by atoms with E-state index >= 15 is 0 Å². The fraction of sp³-hybridized carbons (Fsp3) is 0.0408. The topological polar surface area (TPSA) is 57.8 Å². The number of aliphatic imine (C=N–C) groups is 2. The van der Waals surface area contributed by atoms with Crippen LogP contribution in [0.2, 0.25) is 0 Å². The Labute approximate surface area is 309 Å². The summed E-state index contributed by atoms with van der Waals surface area (Å²) in [5.74, 6) is 0.217. The Morgan fingerprint density at radius 2 is 0.811 bits per heavy atom. The third-order valence-corrected chi connectivity index (χ3v) is 9.49. The summed E-state index contributed by atoms with van der Waals surface area (Å²) in [6.45, 7) is 4.00. The first-order chi connectivity index (χ1) is 26.2. The number of phenolic OH excluding ortho intramolecular Hbond substituents is 1. The van der Waals surface area contributed by atoms with Gasteiger partial charge in [-0.25, -0.2) is 4.98 Å². The number of fused-ring (bicyclic) bond motifs is 4. The van der Waals surface area contributed by atoms with Gasteiger partial charge in [0.25, 0.3) is 0 Å². The van der Waals surface area contributed by atoms with Crippen molar-refractivity contribution in [2.45, 2.75) is 13.8 Å². The second kappa shape index (κ2) is 14.7. The highest BCUT2D eigenvalue weighted by molar-refractivity contribution is 6.12. The van der Waals surface area contributed by atoms with Crippen LogP contribution in [0.3, 0.4) is 0 Å². The Hall–Kier alpha value is -6.91. The molecule has 4 nitrogen and oxygen atoms in total. The third kappa shape index (κ3) is 6.43. The van der Waals surface area contributed by atoms with Gasteiger partial charge in [-0.1, -0.05) is 153 Å². The van der Waals surface area contributed by atoms with Gasteiger partial charge in [0.15, 0.2) is 0 Å². The Morgan fingerprint density at radius 1 is 0.396 bits per heavy atom. The standard InChI is InChI=1S/C47H31N3O.C2H6/c51-44-28-25-34-14-4-8-21-40(34)47(44)46-39-20-7-3-13-33(39)24-27-43(46)49-30-36-17-10-16-35(50-36)29-48-42-26-23-32-12-2-6-19-38(32)45(42)41-22-9-15-31-11-1-5-18-37(31)41;1-2/h1-30,51H;1-2H3. The van der Waals surface area contributed by atoms with E-state index in [1.165, 1.54) is 16.2 Å². The van der Waals surface area contributed by atoms with Gasteiger partial charge in [0.2, 0.25) is 0 Å². The molecular formula is C49H37N3O. The smallest absolute Gasteiger partial charge is 0.124 e. The SMILES string of the molecule is CC.Oc1ccc2ccccc2c1-c1c(N=Cc2cccc(C=Nc3ccc4ccccc4c3-c3cccc4ccccc34)n2)ccc2ccccc12. The van der Waals surface area contributed by atoms with E-state index in [1.54, 1.807) is 12.3 Å². The molecule has 254 valence electrons. The van der Waals surface area contributed by atoms with Gasteiger partial charge >= 0.3 is 0 Å². The second-order valence-electron chi connectivity index (χ2n) is 12.6. The maximum absolute atomic E-state index is 11.2. The molecule has 8 aromatic carbocycles. The lowest BCUT2D eigenvalue weighted by atomic mass is 9.92. The highest BCUT2D eigenvalue weighted by atomic mass is 16.3. The summed E-state index contributed by atoms with van der Waals surface area (Å²) in [6, 6.07) is 57.6. The molecule has 9 rings (SSSR count). The predicted molar refractivity (Wildman–Crippen MR) is 226 cm³/mol. The van der Waals surface area contributed by atoms with Crippen LogP contribution in [0, 0.1) is 0 Å². The van der Waals surface area contributed by atoms with Crippen molar-refractivity contribution in [3.8, 4) is 28.0 Å². The molecule has 1 aromatic heterocycles. The van der Waals surface area contributed by atoms with E-state index < -0.39 is 0 Å². The molecule has 0 aliphatic heterocycles. The first-order valence-electron chi connectivity index (χ1n) is 18.0. The minimum Gasteiger partial charge on any atom is -0.507 e. The molecule has 1 heterocycles. The second-order valence-corrected chi connectivity index (χ2v) is 12.6. The molecule has 0 aliphatic carbocycles. The van der Waals surface area contributed by atoms with Crippen molar-refractivity contribution in [1.82, 2.24) is 4.98 Å². The molecule has 4 heteroatoms. The molecule has 0 amide bonds. The largest absolute Gasteiger partial charge is 0.507 e. The van der Waals surface area contributed by atoms with E-state index in [0.29, 0.717) is 5.69 Å². The lowest BCUT2D eigenvalue weighted by Gasteiger charge is -2.15. The average Bonchev–Trinajstić information content (AvgIpc) is 3.22. The molecule has 0 aliphatic rings. The van der Waals surface area contributed by atoms with Crippen LogP contribution in [-0.2, 0) is 0 Å². The van der Waals surface area contributed by atoms with E-state index in [4.69, 9.17) is 15.0 Å². The molecule has 9 aromatic rings. The maximum Gasteiger partial charge on any atom is 0.124 e. The predicted octanol–water partition coefficient (Wildman–Crippen LogP) is 13.3. The average molecular weight is 684 g/mol. The summed E-state index contributed by atoms with van der Waals surface area (Å²) < 4.78 is 0. The van der Waals surface area contributed by atoms with Crippen molar-refractivity contribution in [1.29, 1.82) is 0 Å². The van der Waals surface area contributed by atoms with Crippen molar-refractivity contribution in [3.05, 3.63) is 181 Å². The summed E-state index contributed by atoms with van der Waals surface area (Å²) in [4.78, 5) is 14.9. The monoisotopic (exact) mass is 683 g/mol. The first kappa shape index (κ1) is 33.2. The fourth-order valence-electron chi connectivity index (χ4n) is 7.13. The number of rotatable bonds is 6. The summed E-state index contributed by atoms with van der Waals surface area (Å²) in [7, 11) is 0. The number of hydrogen-bond acceptors (Lipinski definition) is 4. The van der Waals surface area contributed by atoms with Crippen LogP contribution in [0.15, 0.2) is 180 Å². The molecule has 0 bridgehead atoms. The van der Waals surface area contributed by atoms with Crippen LogP contribution in [0.1, 0.15) is 25.2 Å². The van der Waals surface area contributed by atoms with E-state index in [9.17, 15) is 5.11 Å². The number of aromatic hydroxyl groups is 1. The number of pyridine rings is 1. The number of nitrogens with zero attached hydrogens (tertiary/aromatic N) is 3. The van der Waals surface area contributed by atoms with Crippen LogP contribution < -0.4 is 0 Å². The fourth-order valence-corrected chi connectivity index (χ4v) is 7.13. The van der Waals surface area contributed by atoms with Gasteiger partial charge in [-0.15, -0.1) is 0 Å². The van der Waals surface area contributed by atoms with Crippen molar-refractivity contribution in [2.24, 2.45) is 9.98 Å². The molecule has 0 radical (unpaired) electrons. The van der Waals surface area contributed by atoms with Gasteiger partial charge < -0.3 is 5.11 Å². The minimum absolute atomic E-state index is 0.217. The van der Waals surface area contributed by atoms with E-state index in [0.717, 1.165) is 66.3 Å². The van der Waals surface area contributed by atoms with Crippen molar-refractivity contribution in [3.63, 3.8) is 0 Å². The summed E-state index contributed by atoms with van der Waals surface area (Å²) in [6.07, 6.45) is 3.61. The van der Waals surface area contributed by atoms with Crippen LogP contribution >= 0.6 is 0 Å². The Bertz CT molecular complexity index is 2830. The number of phenols is 1. The van der Waals surface area contributed by atoms with Crippen molar-refractivity contribution < 1.29 is 5.11 Å². The van der Waals surface area contributed by atoms with Crippen molar-refractivity contribution >= 4 is 66.9 Å². The van der Waals surface area contributed by atoms with E-state index in [2.05, 4.69) is 103 Å². The van der Waals surface area contributed by atoms with Crippen LogP contribution in [0.5, 0.6) is 5.75 Å². The number of benzene rings is 8. The zero-order chi connectivity index (χ0) is 36.1. The van der Waals surface area contributed by atoms with Gasteiger partial charge in [0.05, 0.1) is 35.2 Å². The summed E-state index contributed by atoms with van der Waals surface area (Å²) in [5, 5.41) is 20.1.